The van der Waals surface area contributed by atoms with Crippen LogP contribution in [0.4, 0.5) is 4.39 Å². The first kappa shape index (κ1) is 16.1. The highest BCUT2D eigenvalue weighted by molar-refractivity contribution is 8.00. The molecule has 2 aromatic carbocycles. The molecule has 0 aromatic heterocycles. The molecule has 2 atom stereocenters. The topological polar surface area (TPSA) is 29.1 Å². The highest BCUT2D eigenvalue weighted by Crippen LogP contribution is 2.31. The minimum atomic E-state index is -0.332. The number of hydrogen-bond donors (Lipinski definition) is 1. The number of benzene rings is 2. The van der Waals surface area contributed by atoms with Crippen LogP contribution in [0.2, 0.25) is 0 Å². The van der Waals surface area contributed by atoms with Crippen molar-refractivity contribution in [3.8, 4) is 0 Å². The Balaban J connectivity index is 1.67. The maximum atomic E-state index is 13.7. The van der Waals surface area contributed by atoms with E-state index in [9.17, 15) is 9.18 Å². The lowest BCUT2D eigenvalue weighted by atomic mass is 9.88. The number of thioether (sulfide) groups is 1. The molecule has 120 valence electrons. The SMILES string of the molecule is C[C@H](Sc1ccccc1F)C(=O)N[C@@H]1CCCc2ccccc21. The number of rotatable bonds is 4. The third-order valence-electron chi connectivity index (χ3n) is 4.20. The van der Waals surface area contributed by atoms with E-state index in [0.717, 1.165) is 19.3 Å². The molecule has 4 heteroatoms. The molecule has 1 N–H and O–H groups in total. The van der Waals surface area contributed by atoms with Crippen molar-refractivity contribution in [1.82, 2.24) is 5.32 Å². The van der Waals surface area contributed by atoms with Gasteiger partial charge in [-0.1, -0.05) is 36.4 Å². The van der Waals surface area contributed by atoms with Gasteiger partial charge >= 0.3 is 0 Å². The first-order valence-electron chi connectivity index (χ1n) is 7.94. The predicted molar refractivity (Wildman–Crippen MR) is 92.0 cm³/mol. The van der Waals surface area contributed by atoms with Crippen LogP contribution in [0.5, 0.6) is 0 Å². The minimum absolute atomic E-state index is 0.0417. The number of aryl methyl sites for hydroxylation is 1. The molecule has 0 unspecified atom stereocenters. The van der Waals surface area contributed by atoms with Gasteiger partial charge in [-0.2, -0.15) is 0 Å². The zero-order chi connectivity index (χ0) is 16.2. The molecule has 0 saturated carbocycles. The zero-order valence-electron chi connectivity index (χ0n) is 13.1. The summed E-state index contributed by atoms with van der Waals surface area (Å²) in [5, 5.41) is 2.80. The molecule has 2 aromatic rings. The van der Waals surface area contributed by atoms with E-state index in [-0.39, 0.29) is 23.0 Å². The fourth-order valence-corrected chi connectivity index (χ4v) is 3.87. The molecule has 0 bridgehead atoms. The number of nitrogens with one attached hydrogen (secondary N) is 1. The molecule has 0 fully saturated rings. The van der Waals surface area contributed by atoms with Gasteiger partial charge < -0.3 is 5.32 Å². The average molecular weight is 329 g/mol. The summed E-state index contributed by atoms with van der Waals surface area (Å²) in [6.45, 7) is 1.82. The number of carbonyl (C=O) groups is 1. The second-order valence-electron chi connectivity index (χ2n) is 5.84. The summed E-state index contributed by atoms with van der Waals surface area (Å²) in [5.74, 6) is -0.319. The fraction of sp³-hybridized carbons (Fsp3) is 0.316. The maximum absolute atomic E-state index is 13.7. The van der Waals surface area contributed by atoms with Crippen molar-refractivity contribution >= 4 is 17.7 Å². The molecule has 1 aliphatic rings. The summed E-state index contributed by atoms with van der Waals surface area (Å²) in [6.07, 6.45) is 3.11. The standard InChI is InChI=1S/C19H20FNOS/c1-13(23-18-12-5-4-10-16(18)20)19(22)21-17-11-6-8-14-7-2-3-9-15(14)17/h2-5,7,9-10,12-13,17H,6,8,11H2,1H3,(H,21,22)/t13-,17+/m0/s1. The van der Waals surface area contributed by atoms with Crippen molar-refractivity contribution in [2.75, 3.05) is 0 Å². The van der Waals surface area contributed by atoms with E-state index in [2.05, 4.69) is 17.4 Å². The third kappa shape index (κ3) is 3.75. The molecule has 1 amide bonds. The molecule has 0 spiro atoms. The number of amides is 1. The zero-order valence-corrected chi connectivity index (χ0v) is 13.9. The largest absolute Gasteiger partial charge is 0.348 e. The van der Waals surface area contributed by atoms with Crippen LogP contribution in [0.3, 0.4) is 0 Å². The van der Waals surface area contributed by atoms with Crippen LogP contribution in [0.25, 0.3) is 0 Å². The summed E-state index contributed by atoms with van der Waals surface area (Å²) in [5.41, 5.74) is 2.54. The lowest BCUT2D eigenvalue weighted by Crippen LogP contribution is -2.35. The van der Waals surface area contributed by atoms with Crippen LogP contribution >= 0.6 is 11.8 Å². The van der Waals surface area contributed by atoms with Gasteiger partial charge in [-0.25, -0.2) is 4.39 Å². The summed E-state index contributed by atoms with van der Waals surface area (Å²) >= 11 is 1.26. The van der Waals surface area contributed by atoms with Crippen LogP contribution in [-0.2, 0) is 11.2 Å². The normalized spacial score (nSPS) is 18.1. The van der Waals surface area contributed by atoms with E-state index < -0.39 is 0 Å². The number of hydrogen-bond acceptors (Lipinski definition) is 2. The molecule has 23 heavy (non-hydrogen) atoms. The highest BCUT2D eigenvalue weighted by Gasteiger charge is 2.24. The Bertz CT molecular complexity index is 703. The van der Waals surface area contributed by atoms with Gasteiger partial charge in [0.15, 0.2) is 0 Å². The quantitative estimate of drug-likeness (QED) is 0.837. The van der Waals surface area contributed by atoms with Crippen molar-refractivity contribution in [1.29, 1.82) is 0 Å². The molecule has 2 nitrogen and oxygen atoms in total. The lowest BCUT2D eigenvalue weighted by molar-refractivity contribution is -0.121. The van der Waals surface area contributed by atoms with Crippen molar-refractivity contribution in [3.05, 3.63) is 65.5 Å². The molecule has 0 radical (unpaired) electrons. The summed E-state index contributed by atoms with van der Waals surface area (Å²) in [6, 6.07) is 14.9. The Labute approximate surface area is 140 Å². The Morgan fingerprint density at radius 3 is 2.78 bits per heavy atom. The Hall–Kier alpha value is -1.81. The van der Waals surface area contributed by atoms with Gasteiger partial charge in [0, 0.05) is 4.90 Å². The smallest absolute Gasteiger partial charge is 0.233 e. The van der Waals surface area contributed by atoms with Crippen LogP contribution < -0.4 is 5.32 Å². The molecular weight excluding hydrogens is 309 g/mol. The fourth-order valence-electron chi connectivity index (χ4n) is 2.98. The summed E-state index contributed by atoms with van der Waals surface area (Å²) in [7, 11) is 0. The van der Waals surface area contributed by atoms with Crippen molar-refractivity contribution in [3.63, 3.8) is 0 Å². The maximum Gasteiger partial charge on any atom is 0.233 e. The van der Waals surface area contributed by atoms with E-state index in [0.29, 0.717) is 4.90 Å². The Morgan fingerprint density at radius 1 is 1.22 bits per heavy atom. The summed E-state index contributed by atoms with van der Waals surface area (Å²) < 4.78 is 13.7. The van der Waals surface area contributed by atoms with E-state index in [1.54, 1.807) is 18.2 Å². The predicted octanol–water partition coefficient (Wildman–Crippen LogP) is 4.50. The van der Waals surface area contributed by atoms with Crippen molar-refractivity contribution in [2.24, 2.45) is 0 Å². The van der Waals surface area contributed by atoms with Crippen LogP contribution in [0.1, 0.15) is 36.9 Å². The first-order chi connectivity index (χ1) is 11.1. The number of halogens is 1. The summed E-state index contributed by atoms with van der Waals surface area (Å²) in [4.78, 5) is 13.0. The van der Waals surface area contributed by atoms with E-state index in [1.165, 1.54) is 29.0 Å². The highest BCUT2D eigenvalue weighted by atomic mass is 32.2. The Morgan fingerprint density at radius 2 is 1.96 bits per heavy atom. The van der Waals surface area contributed by atoms with Crippen molar-refractivity contribution in [2.45, 2.75) is 42.4 Å². The monoisotopic (exact) mass is 329 g/mol. The van der Waals surface area contributed by atoms with Gasteiger partial charge in [0.2, 0.25) is 5.91 Å². The van der Waals surface area contributed by atoms with Gasteiger partial charge in [0.25, 0.3) is 0 Å². The van der Waals surface area contributed by atoms with Gasteiger partial charge in [-0.05, 0) is 49.4 Å². The first-order valence-corrected chi connectivity index (χ1v) is 8.82. The second kappa shape index (κ2) is 7.18. The van der Waals surface area contributed by atoms with Gasteiger partial charge in [0.1, 0.15) is 5.82 Å². The Kier molecular flexibility index (Phi) is 5.01. The molecule has 0 saturated heterocycles. The minimum Gasteiger partial charge on any atom is -0.348 e. The molecule has 3 rings (SSSR count). The van der Waals surface area contributed by atoms with Crippen LogP contribution in [0.15, 0.2) is 53.4 Å². The van der Waals surface area contributed by atoms with Gasteiger partial charge in [-0.15, -0.1) is 11.8 Å². The number of fused-ring (bicyclic) bond motifs is 1. The molecule has 0 heterocycles. The van der Waals surface area contributed by atoms with Crippen LogP contribution in [-0.4, -0.2) is 11.2 Å². The molecular formula is C19H20FNOS. The number of carbonyl (C=O) groups excluding carboxylic acids is 1. The van der Waals surface area contributed by atoms with E-state index in [4.69, 9.17) is 0 Å². The molecule has 1 aliphatic carbocycles. The molecule has 0 aliphatic heterocycles. The van der Waals surface area contributed by atoms with Gasteiger partial charge in [-0.3, -0.25) is 4.79 Å². The average Bonchev–Trinajstić information content (AvgIpc) is 2.57. The van der Waals surface area contributed by atoms with Crippen molar-refractivity contribution < 1.29 is 9.18 Å². The third-order valence-corrected chi connectivity index (χ3v) is 5.35. The van der Waals surface area contributed by atoms with Gasteiger partial charge in [0.05, 0.1) is 11.3 Å². The van der Waals surface area contributed by atoms with E-state index >= 15 is 0 Å². The second-order valence-corrected chi connectivity index (χ2v) is 7.23. The van der Waals surface area contributed by atoms with Crippen LogP contribution in [0, 0.1) is 5.82 Å². The lowest BCUT2D eigenvalue weighted by Gasteiger charge is -2.27. The van der Waals surface area contributed by atoms with E-state index in [1.807, 2.05) is 19.1 Å².